The van der Waals surface area contributed by atoms with Gasteiger partial charge in [0.1, 0.15) is 6.10 Å². The van der Waals surface area contributed by atoms with E-state index in [0.717, 1.165) is 0 Å². The van der Waals surface area contributed by atoms with Gasteiger partial charge < -0.3 is 19.3 Å². The van der Waals surface area contributed by atoms with Gasteiger partial charge in [-0.3, -0.25) is 4.79 Å². The Hall–Kier alpha value is -2.24. The molecule has 0 radical (unpaired) electrons. The summed E-state index contributed by atoms with van der Waals surface area (Å²) in [6.07, 6.45) is -0.367. The lowest BCUT2D eigenvalue weighted by molar-refractivity contribution is -0.137. The standard InChI is InChI=1S/C13H14O6/c1-17-10-5-7-8(6-11(10)18-2)13(16)19-9(7)3-4-12(14)15/h5-6,9H,3-4H2,1-2H3,(H,14,15). The number of hydrogen-bond acceptors (Lipinski definition) is 5. The predicted molar refractivity (Wildman–Crippen MR) is 64.6 cm³/mol. The Balaban J connectivity index is 2.34. The summed E-state index contributed by atoms with van der Waals surface area (Å²) < 4.78 is 15.4. The molecule has 0 aromatic heterocycles. The number of carboxylic acids is 1. The number of ether oxygens (including phenoxy) is 3. The number of esters is 1. The van der Waals surface area contributed by atoms with Gasteiger partial charge in [-0.25, -0.2) is 4.79 Å². The SMILES string of the molecule is COc1cc2c(cc1OC)C(CCC(=O)O)OC2=O. The van der Waals surface area contributed by atoms with E-state index >= 15 is 0 Å². The summed E-state index contributed by atoms with van der Waals surface area (Å²) in [6.45, 7) is 0. The Labute approximate surface area is 109 Å². The van der Waals surface area contributed by atoms with Crippen LogP contribution in [0.15, 0.2) is 12.1 Å². The summed E-state index contributed by atoms with van der Waals surface area (Å²) in [4.78, 5) is 22.3. The van der Waals surface area contributed by atoms with Gasteiger partial charge in [0.2, 0.25) is 0 Å². The molecule has 0 amide bonds. The minimum Gasteiger partial charge on any atom is -0.493 e. The Morgan fingerprint density at radius 2 is 1.95 bits per heavy atom. The first-order chi connectivity index (χ1) is 9.06. The molecule has 1 atom stereocenters. The van der Waals surface area contributed by atoms with Gasteiger partial charge in [0, 0.05) is 12.0 Å². The van der Waals surface area contributed by atoms with Crippen molar-refractivity contribution in [2.24, 2.45) is 0 Å². The molecule has 0 fully saturated rings. The number of carbonyl (C=O) groups is 2. The minimum absolute atomic E-state index is 0.0638. The molecule has 6 heteroatoms. The topological polar surface area (TPSA) is 82.1 Å². The monoisotopic (exact) mass is 266 g/mol. The number of fused-ring (bicyclic) bond motifs is 1. The van der Waals surface area contributed by atoms with E-state index in [9.17, 15) is 9.59 Å². The van der Waals surface area contributed by atoms with Gasteiger partial charge in [0.05, 0.1) is 19.8 Å². The third-order valence-corrected chi connectivity index (χ3v) is 2.99. The highest BCUT2D eigenvalue weighted by atomic mass is 16.5. The quantitative estimate of drug-likeness (QED) is 0.818. The minimum atomic E-state index is -0.926. The highest BCUT2D eigenvalue weighted by Crippen LogP contribution is 2.40. The zero-order valence-electron chi connectivity index (χ0n) is 10.6. The van der Waals surface area contributed by atoms with Crippen LogP contribution >= 0.6 is 0 Å². The average Bonchev–Trinajstić information content (AvgIpc) is 2.71. The van der Waals surface area contributed by atoms with Crippen LogP contribution in [0, 0.1) is 0 Å². The van der Waals surface area contributed by atoms with Crippen molar-refractivity contribution < 1.29 is 28.9 Å². The third-order valence-electron chi connectivity index (χ3n) is 2.99. The molecule has 6 nitrogen and oxygen atoms in total. The number of carbonyl (C=O) groups excluding carboxylic acids is 1. The first-order valence-corrected chi connectivity index (χ1v) is 5.75. The molecular formula is C13H14O6. The third kappa shape index (κ3) is 2.47. The van der Waals surface area contributed by atoms with E-state index in [1.54, 1.807) is 12.1 Å². The number of rotatable bonds is 5. The van der Waals surface area contributed by atoms with Crippen LogP contribution in [0.2, 0.25) is 0 Å². The molecule has 1 aromatic rings. The van der Waals surface area contributed by atoms with E-state index in [1.165, 1.54) is 14.2 Å². The lowest BCUT2D eigenvalue weighted by Crippen LogP contribution is -2.03. The summed E-state index contributed by atoms with van der Waals surface area (Å²) in [5, 5.41) is 8.69. The number of cyclic esters (lactones) is 1. The molecule has 1 heterocycles. The maximum atomic E-state index is 11.7. The lowest BCUT2D eigenvalue weighted by Gasteiger charge is -2.11. The first kappa shape index (κ1) is 13.2. The number of aliphatic carboxylic acids is 1. The summed E-state index contributed by atoms with van der Waals surface area (Å²) in [7, 11) is 2.97. The molecule has 0 bridgehead atoms. The van der Waals surface area contributed by atoms with E-state index in [1.807, 2.05) is 0 Å². The van der Waals surface area contributed by atoms with E-state index in [2.05, 4.69) is 0 Å². The largest absolute Gasteiger partial charge is 0.493 e. The molecule has 0 spiro atoms. The van der Waals surface area contributed by atoms with Crippen LogP contribution in [0.3, 0.4) is 0 Å². The fourth-order valence-corrected chi connectivity index (χ4v) is 2.06. The van der Waals surface area contributed by atoms with Gasteiger partial charge in [-0.2, -0.15) is 0 Å². The normalized spacial score (nSPS) is 16.7. The maximum absolute atomic E-state index is 11.7. The number of benzene rings is 1. The molecule has 102 valence electrons. The van der Waals surface area contributed by atoms with Crippen LogP contribution in [0.5, 0.6) is 11.5 Å². The van der Waals surface area contributed by atoms with Crippen molar-refractivity contribution >= 4 is 11.9 Å². The fraction of sp³-hybridized carbons (Fsp3) is 0.385. The Kier molecular flexibility index (Phi) is 3.59. The van der Waals surface area contributed by atoms with Gasteiger partial charge in [0.25, 0.3) is 0 Å². The number of carboxylic acid groups (broad SMARTS) is 1. The van der Waals surface area contributed by atoms with Crippen molar-refractivity contribution in [2.45, 2.75) is 18.9 Å². The van der Waals surface area contributed by atoms with Gasteiger partial charge >= 0.3 is 11.9 Å². The van der Waals surface area contributed by atoms with E-state index in [4.69, 9.17) is 19.3 Å². The molecule has 2 rings (SSSR count). The molecule has 19 heavy (non-hydrogen) atoms. The summed E-state index contributed by atoms with van der Waals surface area (Å²) >= 11 is 0. The highest BCUT2D eigenvalue weighted by Gasteiger charge is 2.33. The second-order valence-electron chi connectivity index (χ2n) is 4.12. The highest BCUT2D eigenvalue weighted by molar-refractivity contribution is 5.95. The maximum Gasteiger partial charge on any atom is 0.339 e. The van der Waals surface area contributed by atoms with Crippen molar-refractivity contribution in [3.05, 3.63) is 23.3 Å². The summed E-state index contributed by atoms with van der Waals surface area (Å²) in [6, 6.07) is 3.21. The van der Waals surface area contributed by atoms with E-state index in [0.29, 0.717) is 22.6 Å². The van der Waals surface area contributed by atoms with Crippen molar-refractivity contribution in [1.29, 1.82) is 0 Å². The van der Waals surface area contributed by atoms with Crippen LogP contribution in [-0.2, 0) is 9.53 Å². The van der Waals surface area contributed by atoms with Gasteiger partial charge in [-0.05, 0) is 18.6 Å². The Morgan fingerprint density at radius 3 is 2.53 bits per heavy atom. The second-order valence-corrected chi connectivity index (χ2v) is 4.12. The van der Waals surface area contributed by atoms with E-state index in [-0.39, 0.29) is 12.8 Å². The average molecular weight is 266 g/mol. The molecule has 1 aliphatic heterocycles. The molecule has 0 saturated heterocycles. The molecule has 0 saturated carbocycles. The zero-order chi connectivity index (χ0) is 14.0. The zero-order valence-corrected chi connectivity index (χ0v) is 10.6. The van der Waals surface area contributed by atoms with Crippen LogP contribution in [-0.4, -0.2) is 31.3 Å². The Morgan fingerprint density at radius 1 is 1.32 bits per heavy atom. The Bertz CT molecular complexity index is 522. The molecule has 0 aliphatic carbocycles. The lowest BCUT2D eigenvalue weighted by atomic mass is 10.0. The van der Waals surface area contributed by atoms with Gasteiger partial charge in [-0.1, -0.05) is 0 Å². The molecule has 1 aliphatic rings. The van der Waals surface area contributed by atoms with Crippen LogP contribution in [0.25, 0.3) is 0 Å². The fourth-order valence-electron chi connectivity index (χ4n) is 2.06. The predicted octanol–water partition coefficient (Wildman–Crippen LogP) is 1.78. The molecular weight excluding hydrogens is 252 g/mol. The van der Waals surface area contributed by atoms with Crippen LogP contribution < -0.4 is 9.47 Å². The summed E-state index contributed by atoms with van der Waals surface area (Å²) in [5.41, 5.74) is 1.04. The smallest absolute Gasteiger partial charge is 0.339 e. The van der Waals surface area contributed by atoms with Gasteiger partial charge in [-0.15, -0.1) is 0 Å². The number of hydrogen-bond donors (Lipinski definition) is 1. The molecule has 1 unspecified atom stereocenters. The first-order valence-electron chi connectivity index (χ1n) is 5.75. The molecule has 1 aromatic carbocycles. The molecule has 1 N–H and O–H groups in total. The van der Waals surface area contributed by atoms with Crippen molar-refractivity contribution in [3.63, 3.8) is 0 Å². The van der Waals surface area contributed by atoms with Crippen LogP contribution in [0.1, 0.15) is 34.9 Å². The second kappa shape index (κ2) is 5.17. The number of methoxy groups -OCH3 is 2. The van der Waals surface area contributed by atoms with Crippen molar-refractivity contribution in [3.8, 4) is 11.5 Å². The van der Waals surface area contributed by atoms with Crippen molar-refractivity contribution in [1.82, 2.24) is 0 Å². The van der Waals surface area contributed by atoms with Crippen LogP contribution in [0.4, 0.5) is 0 Å². The van der Waals surface area contributed by atoms with E-state index < -0.39 is 18.0 Å². The van der Waals surface area contributed by atoms with Crippen molar-refractivity contribution in [2.75, 3.05) is 14.2 Å². The van der Waals surface area contributed by atoms with Gasteiger partial charge in [0.15, 0.2) is 11.5 Å². The summed E-state index contributed by atoms with van der Waals surface area (Å²) in [5.74, 6) is -0.465.